The van der Waals surface area contributed by atoms with E-state index in [1.165, 1.54) is 17.1 Å². The first kappa shape index (κ1) is 12.0. The van der Waals surface area contributed by atoms with E-state index in [1.807, 2.05) is 36.4 Å². The number of carbonyl (C=O) groups is 1. The molecule has 2 aromatic carbocycles. The van der Waals surface area contributed by atoms with Gasteiger partial charge in [-0.15, -0.1) is 5.10 Å². The summed E-state index contributed by atoms with van der Waals surface area (Å²) < 4.78 is 1.37. The fraction of sp³-hybridized carbons (Fsp3) is 0. The molecule has 0 atom stereocenters. The van der Waals surface area contributed by atoms with Crippen molar-refractivity contribution in [3.8, 4) is 16.8 Å². The molecule has 3 rings (SSSR count). The lowest BCUT2D eigenvalue weighted by Crippen LogP contribution is -2.08. The molecule has 6 nitrogen and oxygen atoms in total. The minimum atomic E-state index is -1.02. The van der Waals surface area contributed by atoms with E-state index in [0.29, 0.717) is 5.69 Å². The van der Waals surface area contributed by atoms with Crippen LogP contribution in [0.15, 0.2) is 54.9 Å². The molecule has 0 aliphatic rings. The molecule has 0 radical (unpaired) electrons. The van der Waals surface area contributed by atoms with Gasteiger partial charge < -0.3 is 5.11 Å². The van der Waals surface area contributed by atoms with E-state index in [2.05, 4.69) is 15.5 Å². The van der Waals surface area contributed by atoms with Crippen LogP contribution in [-0.4, -0.2) is 31.3 Å². The van der Waals surface area contributed by atoms with Crippen molar-refractivity contribution in [3.05, 3.63) is 60.4 Å². The van der Waals surface area contributed by atoms with Crippen molar-refractivity contribution in [3.63, 3.8) is 0 Å². The van der Waals surface area contributed by atoms with Crippen LogP contribution in [0, 0.1) is 0 Å². The molecule has 98 valence electrons. The van der Waals surface area contributed by atoms with Crippen molar-refractivity contribution in [2.45, 2.75) is 0 Å². The average Bonchev–Trinajstić information content (AvgIpc) is 3.01. The first-order valence-electron chi connectivity index (χ1n) is 5.92. The summed E-state index contributed by atoms with van der Waals surface area (Å²) in [5.41, 5.74) is 2.27. The number of aromatic nitrogens is 4. The summed E-state index contributed by atoms with van der Waals surface area (Å²) in [4.78, 5) is 11.4. The lowest BCUT2D eigenvalue weighted by Gasteiger charge is -2.11. The third kappa shape index (κ3) is 2.03. The van der Waals surface area contributed by atoms with Gasteiger partial charge in [-0.3, -0.25) is 0 Å². The third-order valence-electron chi connectivity index (χ3n) is 2.93. The highest BCUT2D eigenvalue weighted by Crippen LogP contribution is 2.28. The molecule has 0 aliphatic carbocycles. The molecule has 6 heteroatoms. The smallest absolute Gasteiger partial charge is 0.337 e. The van der Waals surface area contributed by atoms with Crippen LogP contribution in [0.25, 0.3) is 16.8 Å². The summed E-state index contributed by atoms with van der Waals surface area (Å²) in [7, 11) is 0. The van der Waals surface area contributed by atoms with Gasteiger partial charge in [-0.2, -0.15) is 4.68 Å². The van der Waals surface area contributed by atoms with Crippen LogP contribution in [0.3, 0.4) is 0 Å². The van der Waals surface area contributed by atoms with Gasteiger partial charge in [-0.05, 0) is 22.1 Å². The molecule has 0 bridgehead atoms. The molecule has 0 saturated carbocycles. The Bertz CT molecular complexity index is 739. The number of carboxylic acids is 1. The second-order valence-corrected chi connectivity index (χ2v) is 4.13. The number of aromatic carboxylic acids is 1. The number of hydrogen-bond acceptors (Lipinski definition) is 4. The topological polar surface area (TPSA) is 80.9 Å². The third-order valence-corrected chi connectivity index (χ3v) is 2.93. The van der Waals surface area contributed by atoms with Crippen molar-refractivity contribution in [1.82, 2.24) is 20.2 Å². The van der Waals surface area contributed by atoms with Crippen LogP contribution in [0.1, 0.15) is 10.4 Å². The average molecular weight is 266 g/mol. The molecule has 0 aliphatic heterocycles. The predicted molar refractivity (Wildman–Crippen MR) is 71.5 cm³/mol. The Hall–Kier alpha value is -3.02. The molecule has 3 aromatic rings. The van der Waals surface area contributed by atoms with Crippen molar-refractivity contribution in [2.75, 3.05) is 0 Å². The van der Waals surface area contributed by atoms with Crippen molar-refractivity contribution in [1.29, 1.82) is 0 Å². The maximum atomic E-state index is 11.4. The summed E-state index contributed by atoms with van der Waals surface area (Å²) in [6, 6.07) is 14.6. The van der Waals surface area contributed by atoms with E-state index >= 15 is 0 Å². The Morgan fingerprint density at radius 3 is 2.50 bits per heavy atom. The largest absolute Gasteiger partial charge is 0.478 e. The second-order valence-electron chi connectivity index (χ2n) is 4.13. The molecular weight excluding hydrogens is 256 g/mol. The Morgan fingerprint density at radius 2 is 1.85 bits per heavy atom. The van der Waals surface area contributed by atoms with Gasteiger partial charge in [0, 0.05) is 5.56 Å². The van der Waals surface area contributed by atoms with Gasteiger partial charge in [-0.25, -0.2) is 4.79 Å². The van der Waals surface area contributed by atoms with E-state index in [1.54, 1.807) is 6.07 Å². The number of carboxylic acid groups (broad SMARTS) is 1. The van der Waals surface area contributed by atoms with Gasteiger partial charge in [0.05, 0.1) is 11.3 Å². The van der Waals surface area contributed by atoms with Gasteiger partial charge in [0.25, 0.3) is 0 Å². The molecule has 1 N–H and O–H groups in total. The highest BCUT2D eigenvalue weighted by molar-refractivity contribution is 5.95. The summed E-state index contributed by atoms with van der Waals surface area (Å²) in [5.74, 6) is -1.02. The Kier molecular flexibility index (Phi) is 2.96. The molecule has 1 aromatic heterocycles. The lowest BCUT2D eigenvalue weighted by atomic mass is 10.00. The molecule has 0 saturated heterocycles. The maximum absolute atomic E-state index is 11.4. The van der Waals surface area contributed by atoms with E-state index < -0.39 is 5.97 Å². The summed E-state index contributed by atoms with van der Waals surface area (Å²) in [6.07, 6.45) is 1.38. The van der Waals surface area contributed by atoms with Crippen LogP contribution < -0.4 is 0 Å². The van der Waals surface area contributed by atoms with E-state index in [4.69, 9.17) is 0 Å². The SMILES string of the molecule is O=C(O)c1cccc(-c2ccccc2)c1-n1cnnn1. The Balaban J connectivity index is 2.30. The summed E-state index contributed by atoms with van der Waals surface area (Å²) in [6.45, 7) is 0. The van der Waals surface area contributed by atoms with Gasteiger partial charge in [0.15, 0.2) is 0 Å². The number of rotatable bonds is 3. The zero-order valence-electron chi connectivity index (χ0n) is 10.3. The molecule has 0 spiro atoms. The normalized spacial score (nSPS) is 10.4. The predicted octanol–water partition coefficient (Wildman–Crippen LogP) is 2.03. The number of para-hydroxylation sites is 1. The second kappa shape index (κ2) is 4.93. The standard InChI is InChI=1S/C14H10N4O2/c19-14(20)12-8-4-7-11(10-5-2-1-3-6-10)13(12)18-9-15-16-17-18/h1-9H,(H,19,20). The van der Waals surface area contributed by atoms with Gasteiger partial charge in [0.2, 0.25) is 0 Å². The Labute approximate surface area is 114 Å². The number of hydrogen-bond donors (Lipinski definition) is 1. The van der Waals surface area contributed by atoms with E-state index in [0.717, 1.165) is 11.1 Å². The zero-order valence-corrected chi connectivity index (χ0v) is 10.3. The van der Waals surface area contributed by atoms with E-state index in [9.17, 15) is 9.90 Å². The molecule has 20 heavy (non-hydrogen) atoms. The minimum Gasteiger partial charge on any atom is -0.478 e. The highest BCUT2D eigenvalue weighted by Gasteiger charge is 2.17. The van der Waals surface area contributed by atoms with Crippen LogP contribution in [0.2, 0.25) is 0 Å². The van der Waals surface area contributed by atoms with Crippen LogP contribution in [-0.2, 0) is 0 Å². The molecule has 0 fully saturated rings. The maximum Gasteiger partial charge on any atom is 0.337 e. The fourth-order valence-corrected chi connectivity index (χ4v) is 2.08. The van der Waals surface area contributed by atoms with Crippen molar-refractivity contribution in [2.24, 2.45) is 0 Å². The first-order valence-corrected chi connectivity index (χ1v) is 5.92. The number of nitrogens with zero attached hydrogens (tertiary/aromatic N) is 4. The van der Waals surface area contributed by atoms with Crippen molar-refractivity contribution >= 4 is 5.97 Å². The molecule has 0 unspecified atom stereocenters. The zero-order chi connectivity index (χ0) is 13.9. The van der Waals surface area contributed by atoms with Gasteiger partial charge >= 0.3 is 5.97 Å². The molecule has 1 heterocycles. The number of tetrazole rings is 1. The van der Waals surface area contributed by atoms with Crippen LogP contribution in [0.4, 0.5) is 0 Å². The van der Waals surface area contributed by atoms with Crippen molar-refractivity contribution < 1.29 is 9.90 Å². The highest BCUT2D eigenvalue weighted by atomic mass is 16.4. The monoisotopic (exact) mass is 266 g/mol. The van der Waals surface area contributed by atoms with Crippen LogP contribution >= 0.6 is 0 Å². The summed E-state index contributed by atoms with van der Waals surface area (Å²) >= 11 is 0. The quantitative estimate of drug-likeness (QED) is 0.784. The number of benzene rings is 2. The first-order chi connectivity index (χ1) is 9.77. The fourth-order valence-electron chi connectivity index (χ4n) is 2.08. The van der Waals surface area contributed by atoms with Crippen LogP contribution in [0.5, 0.6) is 0 Å². The molecule has 0 amide bonds. The summed E-state index contributed by atoms with van der Waals surface area (Å²) in [5, 5.41) is 20.3. The Morgan fingerprint density at radius 1 is 1.05 bits per heavy atom. The minimum absolute atomic E-state index is 0.152. The molecular formula is C14H10N4O2. The van der Waals surface area contributed by atoms with Gasteiger partial charge in [0.1, 0.15) is 6.33 Å². The van der Waals surface area contributed by atoms with E-state index in [-0.39, 0.29) is 5.56 Å². The lowest BCUT2D eigenvalue weighted by molar-refractivity contribution is 0.0697. The van der Waals surface area contributed by atoms with Gasteiger partial charge in [-0.1, -0.05) is 42.5 Å².